The van der Waals surface area contributed by atoms with Gasteiger partial charge in [0.15, 0.2) is 0 Å². The Bertz CT molecular complexity index is 556. The van der Waals surface area contributed by atoms with Gasteiger partial charge in [-0.25, -0.2) is 14.8 Å². The van der Waals surface area contributed by atoms with E-state index in [1.807, 2.05) is 0 Å². The van der Waals surface area contributed by atoms with Crippen LogP contribution in [0.15, 0.2) is 6.20 Å². The van der Waals surface area contributed by atoms with Gasteiger partial charge in [0.05, 0.1) is 24.5 Å². The second kappa shape index (κ2) is 5.45. The molecule has 20 heavy (non-hydrogen) atoms. The van der Waals surface area contributed by atoms with Crippen molar-refractivity contribution in [1.29, 1.82) is 0 Å². The number of carbonyl (C=O) groups is 1. The zero-order valence-corrected chi connectivity index (χ0v) is 12.4. The molecule has 1 unspecified atom stereocenters. The molecule has 1 aromatic rings. The molecule has 8 heteroatoms. The lowest BCUT2D eigenvalue weighted by atomic mass is 10.2. The Labute approximate surface area is 119 Å². The molecule has 2 rings (SSSR count). The van der Waals surface area contributed by atoms with Crippen LogP contribution in [0.4, 0.5) is 4.79 Å². The molecule has 0 aliphatic carbocycles. The third kappa shape index (κ3) is 3.73. The molecule has 0 radical (unpaired) electrons. The van der Waals surface area contributed by atoms with Crippen LogP contribution in [0.5, 0.6) is 0 Å². The molecule has 0 aromatic carbocycles. The van der Waals surface area contributed by atoms with Crippen LogP contribution in [0.3, 0.4) is 0 Å². The van der Waals surface area contributed by atoms with Gasteiger partial charge in [0.2, 0.25) is 0 Å². The van der Waals surface area contributed by atoms with E-state index in [9.17, 15) is 13.6 Å². The smallest absolute Gasteiger partial charge is 0.410 e. The standard InChI is InChI=1S/C12H17N3O4S/c1-12(2,3)19-11(16)15-5-8-4-13-10(7-20(17)18)14-9(8)6-15/h4H,5-7H2,1-3H3,(H,17,18)/p-1. The van der Waals surface area contributed by atoms with Gasteiger partial charge in [0, 0.05) is 11.8 Å². The van der Waals surface area contributed by atoms with Crippen molar-refractivity contribution in [2.45, 2.75) is 45.2 Å². The summed E-state index contributed by atoms with van der Waals surface area (Å²) in [6, 6.07) is 0. The second-order valence-electron chi connectivity index (χ2n) is 5.54. The molecule has 0 fully saturated rings. The molecule has 2 heterocycles. The number of fused-ring (bicyclic) bond motifs is 1. The van der Waals surface area contributed by atoms with Crippen LogP contribution >= 0.6 is 0 Å². The first kappa shape index (κ1) is 14.9. The highest BCUT2D eigenvalue weighted by Crippen LogP contribution is 2.22. The number of rotatable bonds is 2. The summed E-state index contributed by atoms with van der Waals surface area (Å²) in [5.41, 5.74) is 0.935. The average Bonchev–Trinajstić information content (AvgIpc) is 2.68. The molecule has 1 aliphatic rings. The summed E-state index contributed by atoms with van der Waals surface area (Å²) in [6.45, 7) is 6.09. The SMILES string of the molecule is CC(C)(C)OC(=O)N1Cc2cnc(CS(=O)[O-])nc2C1. The minimum Gasteiger partial charge on any atom is -0.772 e. The maximum Gasteiger partial charge on any atom is 0.410 e. The van der Waals surface area contributed by atoms with E-state index in [1.165, 1.54) is 4.90 Å². The molecule has 0 spiro atoms. The van der Waals surface area contributed by atoms with E-state index in [0.29, 0.717) is 18.8 Å². The Kier molecular flexibility index (Phi) is 4.05. The number of nitrogens with zero attached hydrogens (tertiary/aromatic N) is 3. The van der Waals surface area contributed by atoms with Gasteiger partial charge in [-0.05, 0) is 31.9 Å². The second-order valence-corrected chi connectivity index (χ2v) is 6.44. The van der Waals surface area contributed by atoms with Gasteiger partial charge < -0.3 is 9.29 Å². The molecule has 0 saturated carbocycles. The summed E-state index contributed by atoms with van der Waals surface area (Å²) >= 11 is -2.22. The highest BCUT2D eigenvalue weighted by atomic mass is 32.2. The van der Waals surface area contributed by atoms with E-state index in [1.54, 1.807) is 27.0 Å². The van der Waals surface area contributed by atoms with Crippen molar-refractivity contribution in [3.8, 4) is 0 Å². The Morgan fingerprint density at radius 1 is 1.50 bits per heavy atom. The minimum absolute atomic E-state index is 0.223. The van der Waals surface area contributed by atoms with Crippen molar-refractivity contribution in [3.63, 3.8) is 0 Å². The summed E-state index contributed by atoms with van der Waals surface area (Å²) in [5, 5.41) is 0. The van der Waals surface area contributed by atoms with Crippen LogP contribution in [0.25, 0.3) is 0 Å². The first-order valence-electron chi connectivity index (χ1n) is 6.12. The number of amides is 1. The minimum atomic E-state index is -2.22. The van der Waals surface area contributed by atoms with Crippen LogP contribution < -0.4 is 0 Å². The molecule has 1 atom stereocenters. The quantitative estimate of drug-likeness (QED) is 0.759. The van der Waals surface area contributed by atoms with Crippen molar-refractivity contribution < 1.29 is 18.3 Å². The van der Waals surface area contributed by atoms with E-state index < -0.39 is 22.8 Å². The van der Waals surface area contributed by atoms with Crippen LogP contribution in [-0.2, 0) is 34.7 Å². The fourth-order valence-corrected chi connectivity index (χ4v) is 2.18. The third-order valence-electron chi connectivity index (χ3n) is 2.60. The lowest BCUT2D eigenvalue weighted by Gasteiger charge is -2.23. The van der Waals surface area contributed by atoms with Crippen molar-refractivity contribution >= 4 is 17.2 Å². The first-order chi connectivity index (χ1) is 9.24. The van der Waals surface area contributed by atoms with E-state index >= 15 is 0 Å². The predicted molar refractivity (Wildman–Crippen MR) is 70.1 cm³/mol. The number of ether oxygens (including phenoxy) is 1. The fraction of sp³-hybridized carbons (Fsp3) is 0.583. The van der Waals surface area contributed by atoms with Crippen LogP contribution in [0, 0.1) is 0 Å². The Balaban J connectivity index is 2.07. The van der Waals surface area contributed by atoms with Crippen molar-refractivity contribution in [1.82, 2.24) is 14.9 Å². The Hall–Kier alpha value is -1.54. The van der Waals surface area contributed by atoms with Gasteiger partial charge in [-0.1, -0.05) is 0 Å². The summed E-state index contributed by atoms with van der Waals surface area (Å²) in [6.07, 6.45) is 1.15. The first-order valence-corrected chi connectivity index (χ1v) is 7.36. The number of hydrogen-bond donors (Lipinski definition) is 0. The van der Waals surface area contributed by atoms with E-state index in [2.05, 4.69) is 9.97 Å². The van der Waals surface area contributed by atoms with E-state index in [4.69, 9.17) is 4.74 Å². The average molecular weight is 298 g/mol. The highest BCUT2D eigenvalue weighted by Gasteiger charge is 2.29. The molecular weight excluding hydrogens is 282 g/mol. The van der Waals surface area contributed by atoms with E-state index in [-0.39, 0.29) is 11.6 Å². The molecule has 1 amide bonds. The molecule has 0 N–H and O–H groups in total. The zero-order chi connectivity index (χ0) is 14.9. The van der Waals surface area contributed by atoms with Gasteiger partial charge in [-0.2, -0.15) is 0 Å². The molecule has 0 bridgehead atoms. The largest absolute Gasteiger partial charge is 0.772 e. The van der Waals surface area contributed by atoms with E-state index in [0.717, 1.165) is 5.56 Å². The number of aromatic nitrogens is 2. The molecular formula is C12H16N3O4S-. The van der Waals surface area contributed by atoms with Crippen molar-refractivity contribution in [2.75, 3.05) is 0 Å². The summed E-state index contributed by atoms with van der Waals surface area (Å²) in [4.78, 5) is 21.6. The van der Waals surface area contributed by atoms with Crippen molar-refractivity contribution in [2.24, 2.45) is 0 Å². The summed E-state index contributed by atoms with van der Waals surface area (Å²) in [7, 11) is 0. The van der Waals surface area contributed by atoms with Gasteiger partial charge in [0.25, 0.3) is 0 Å². The fourth-order valence-electron chi connectivity index (χ4n) is 1.83. The molecule has 1 aromatic heterocycles. The molecule has 110 valence electrons. The van der Waals surface area contributed by atoms with Gasteiger partial charge in [0.1, 0.15) is 11.4 Å². The molecule has 7 nitrogen and oxygen atoms in total. The Morgan fingerprint density at radius 2 is 2.20 bits per heavy atom. The maximum absolute atomic E-state index is 11.9. The molecule has 1 aliphatic heterocycles. The normalized spacial score (nSPS) is 15.9. The summed E-state index contributed by atoms with van der Waals surface area (Å²) in [5.74, 6) is 0.0165. The van der Waals surface area contributed by atoms with Crippen LogP contribution in [0.1, 0.15) is 37.9 Å². The maximum atomic E-state index is 11.9. The predicted octanol–water partition coefficient (Wildman–Crippen LogP) is 1.11. The summed E-state index contributed by atoms with van der Waals surface area (Å²) < 4.78 is 26.6. The highest BCUT2D eigenvalue weighted by molar-refractivity contribution is 7.78. The van der Waals surface area contributed by atoms with Gasteiger partial charge in [-0.15, -0.1) is 0 Å². The van der Waals surface area contributed by atoms with Gasteiger partial charge in [-0.3, -0.25) is 9.11 Å². The lowest BCUT2D eigenvalue weighted by Crippen LogP contribution is -2.33. The Morgan fingerprint density at radius 3 is 2.80 bits per heavy atom. The zero-order valence-electron chi connectivity index (χ0n) is 11.6. The lowest BCUT2D eigenvalue weighted by molar-refractivity contribution is 0.0240. The van der Waals surface area contributed by atoms with Crippen molar-refractivity contribution in [3.05, 3.63) is 23.3 Å². The van der Waals surface area contributed by atoms with Crippen LogP contribution in [-0.4, -0.2) is 35.3 Å². The van der Waals surface area contributed by atoms with Gasteiger partial charge >= 0.3 is 6.09 Å². The topological polar surface area (TPSA) is 95.5 Å². The number of carbonyl (C=O) groups excluding carboxylic acids is 1. The number of hydrogen-bond acceptors (Lipinski definition) is 6. The monoisotopic (exact) mass is 298 g/mol. The molecule has 0 saturated heterocycles. The third-order valence-corrected chi connectivity index (χ3v) is 3.10. The van der Waals surface area contributed by atoms with Crippen LogP contribution in [0.2, 0.25) is 0 Å².